The summed E-state index contributed by atoms with van der Waals surface area (Å²) in [6, 6.07) is 7.58. The maximum atomic E-state index is 12.4. The van der Waals surface area contributed by atoms with E-state index in [-0.39, 0.29) is 10.6 Å². The Balaban J connectivity index is 1.77. The average molecular weight is 334 g/mol. The van der Waals surface area contributed by atoms with Gasteiger partial charge in [-0.1, -0.05) is 29.3 Å². The number of nitrogens with zero attached hydrogens (tertiary/aromatic N) is 2. The Hall–Kier alpha value is -1.85. The number of anilines is 1. The summed E-state index contributed by atoms with van der Waals surface area (Å²) in [6.45, 7) is 4.31. The quantitative estimate of drug-likeness (QED) is 0.934. The summed E-state index contributed by atoms with van der Waals surface area (Å²) in [4.78, 5) is 12.4. The minimum atomic E-state index is -0.319. The number of rotatable bonds is 4. The second-order valence-electron chi connectivity index (χ2n) is 5.89. The molecule has 1 saturated heterocycles. The Morgan fingerprint density at radius 1 is 1.39 bits per heavy atom. The third-order valence-electron chi connectivity index (χ3n) is 4.03. The maximum absolute atomic E-state index is 12.4. The van der Waals surface area contributed by atoms with Crippen molar-refractivity contribution in [2.75, 3.05) is 25.1 Å². The summed E-state index contributed by atoms with van der Waals surface area (Å²) < 4.78 is 6.77. The molecule has 0 radical (unpaired) electrons. The van der Waals surface area contributed by atoms with Gasteiger partial charge in [-0.15, -0.1) is 0 Å². The van der Waals surface area contributed by atoms with Crippen LogP contribution in [0, 0.1) is 12.8 Å². The molecule has 0 bridgehead atoms. The molecule has 23 heavy (non-hydrogen) atoms. The zero-order chi connectivity index (χ0) is 16.2. The highest BCUT2D eigenvalue weighted by molar-refractivity contribution is 6.32. The molecule has 1 aliphatic rings. The predicted molar refractivity (Wildman–Crippen MR) is 91.6 cm³/mol. The Bertz CT molecular complexity index is 722. The van der Waals surface area contributed by atoms with Crippen LogP contribution in [0.25, 0.3) is 5.69 Å². The SMILES string of the molecule is Cc1ccc(-n2ncc(NC[C@H]3CCCOC3)c(Cl)c2=O)cc1. The Labute approximate surface area is 140 Å². The lowest BCUT2D eigenvalue weighted by atomic mass is 10.0. The second kappa shape index (κ2) is 7.15. The van der Waals surface area contributed by atoms with Crippen molar-refractivity contribution in [1.29, 1.82) is 0 Å². The molecule has 2 aromatic rings. The lowest BCUT2D eigenvalue weighted by Gasteiger charge is -2.22. The minimum absolute atomic E-state index is 0.164. The first-order valence-electron chi connectivity index (χ1n) is 7.81. The monoisotopic (exact) mass is 333 g/mol. The van der Waals surface area contributed by atoms with E-state index in [2.05, 4.69) is 10.4 Å². The van der Waals surface area contributed by atoms with Crippen LogP contribution in [0.2, 0.25) is 5.02 Å². The van der Waals surface area contributed by atoms with E-state index in [1.54, 1.807) is 6.20 Å². The van der Waals surface area contributed by atoms with Crippen LogP contribution in [-0.4, -0.2) is 29.5 Å². The minimum Gasteiger partial charge on any atom is -0.382 e. The number of aromatic nitrogens is 2. The van der Waals surface area contributed by atoms with Gasteiger partial charge in [-0.25, -0.2) is 0 Å². The normalized spacial score (nSPS) is 17.9. The van der Waals surface area contributed by atoms with Gasteiger partial charge in [0.1, 0.15) is 5.02 Å². The Kier molecular flexibility index (Phi) is 4.98. The number of halogens is 1. The topological polar surface area (TPSA) is 56.1 Å². The highest BCUT2D eigenvalue weighted by Gasteiger charge is 2.15. The van der Waals surface area contributed by atoms with Gasteiger partial charge in [0.05, 0.1) is 24.2 Å². The zero-order valence-corrected chi connectivity index (χ0v) is 13.8. The molecule has 3 rings (SSSR count). The van der Waals surface area contributed by atoms with Crippen molar-refractivity contribution in [3.8, 4) is 5.69 Å². The molecule has 0 amide bonds. The third kappa shape index (κ3) is 3.74. The smallest absolute Gasteiger partial charge is 0.292 e. The lowest BCUT2D eigenvalue weighted by Crippen LogP contribution is -2.26. The van der Waals surface area contributed by atoms with Gasteiger partial charge in [0.15, 0.2) is 0 Å². The number of nitrogens with one attached hydrogen (secondary N) is 1. The van der Waals surface area contributed by atoms with E-state index < -0.39 is 0 Å². The summed E-state index contributed by atoms with van der Waals surface area (Å²) >= 11 is 6.23. The van der Waals surface area contributed by atoms with Crippen LogP contribution in [0.5, 0.6) is 0 Å². The first kappa shape index (κ1) is 16.0. The zero-order valence-electron chi connectivity index (χ0n) is 13.1. The van der Waals surface area contributed by atoms with Crippen LogP contribution in [0.15, 0.2) is 35.3 Å². The average Bonchev–Trinajstić information content (AvgIpc) is 2.58. The van der Waals surface area contributed by atoms with E-state index in [0.717, 1.165) is 38.2 Å². The summed E-state index contributed by atoms with van der Waals surface area (Å²) in [7, 11) is 0. The van der Waals surface area contributed by atoms with Gasteiger partial charge < -0.3 is 10.1 Å². The molecule has 1 aromatic carbocycles. The largest absolute Gasteiger partial charge is 0.382 e. The lowest BCUT2D eigenvalue weighted by molar-refractivity contribution is 0.0595. The van der Waals surface area contributed by atoms with Gasteiger partial charge in [0, 0.05) is 13.2 Å². The van der Waals surface area contributed by atoms with Crippen molar-refractivity contribution < 1.29 is 4.74 Å². The summed E-state index contributed by atoms with van der Waals surface area (Å²) in [5.41, 5.74) is 2.08. The molecule has 2 heterocycles. The molecule has 1 aromatic heterocycles. The molecule has 5 nitrogen and oxygen atoms in total. The number of aryl methyl sites for hydroxylation is 1. The van der Waals surface area contributed by atoms with Gasteiger partial charge in [-0.2, -0.15) is 9.78 Å². The highest BCUT2D eigenvalue weighted by atomic mass is 35.5. The molecule has 0 spiro atoms. The fourth-order valence-corrected chi connectivity index (χ4v) is 2.84. The van der Waals surface area contributed by atoms with Gasteiger partial charge in [0.2, 0.25) is 0 Å². The van der Waals surface area contributed by atoms with Crippen molar-refractivity contribution in [3.63, 3.8) is 0 Å². The number of benzene rings is 1. The van der Waals surface area contributed by atoms with E-state index in [4.69, 9.17) is 16.3 Å². The number of hydrogen-bond acceptors (Lipinski definition) is 4. The van der Waals surface area contributed by atoms with Gasteiger partial charge in [0.25, 0.3) is 5.56 Å². The molecule has 1 fully saturated rings. The van der Waals surface area contributed by atoms with E-state index >= 15 is 0 Å². The Morgan fingerprint density at radius 2 is 2.17 bits per heavy atom. The van der Waals surface area contributed by atoms with Crippen LogP contribution >= 0.6 is 11.6 Å². The first-order chi connectivity index (χ1) is 11.1. The van der Waals surface area contributed by atoms with E-state index in [9.17, 15) is 4.79 Å². The van der Waals surface area contributed by atoms with Crippen LogP contribution in [0.4, 0.5) is 5.69 Å². The third-order valence-corrected chi connectivity index (χ3v) is 4.40. The molecule has 1 N–H and O–H groups in total. The maximum Gasteiger partial charge on any atom is 0.292 e. The van der Waals surface area contributed by atoms with E-state index in [0.29, 0.717) is 17.3 Å². The van der Waals surface area contributed by atoms with Crippen molar-refractivity contribution in [2.45, 2.75) is 19.8 Å². The van der Waals surface area contributed by atoms with Crippen molar-refractivity contribution in [2.24, 2.45) is 5.92 Å². The molecule has 122 valence electrons. The molecular weight excluding hydrogens is 314 g/mol. The van der Waals surface area contributed by atoms with E-state index in [1.807, 2.05) is 31.2 Å². The molecule has 0 aliphatic carbocycles. The molecule has 6 heteroatoms. The van der Waals surface area contributed by atoms with Crippen LogP contribution in [0.3, 0.4) is 0 Å². The fraction of sp³-hybridized carbons (Fsp3) is 0.412. The van der Waals surface area contributed by atoms with E-state index in [1.165, 1.54) is 4.68 Å². The molecule has 1 aliphatic heterocycles. The van der Waals surface area contributed by atoms with Crippen molar-refractivity contribution >= 4 is 17.3 Å². The van der Waals surface area contributed by atoms with Crippen LogP contribution < -0.4 is 10.9 Å². The van der Waals surface area contributed by atoms with Crippen molar-refractivity contribution in [3.05, 3.63) is 51.4 Å². The predicted octanol–water partition coefficient (Wildman–Crippen LogP) is 3.03. The molecular formula is C17H20ClN3O2. The summed E-state index contributed by atoms with van der Waals surface area (Å²) in [6.07, 6.45) is 3.80. The van der Waals surface area contributed by atoms with Crippen LogP contribution in [0.1, 0.15) is 18.4 Å². The highest BCUT2D eigenvalue weighted by Crippen LogP contribution is 2.19. The first-order valence-corrected chi connectivity index (χ1v) is 8.19. The van der Waals surface area contributed by atoms with Gasteiger partial charge >= 0.3 is 0 Å². The second-order valence-corrected chi connectivity index (χ2v) is 6.27. The number of hydrogen-bond donors (Lipinski definition) is 1. The fourth-order valence-electron chi connectivity index (χ4n) is 2.65. The molecule has 0 unspecified atom stereocenters. The van der Waals surface area contributed by atoms with Gasteiger partial charge in [-0.05, 0) is 37.8 Å². The van der Waals surface area contributed by atoms with Crippen molar-refractivity contribution in [1.82, 2.24) is 9.78 Å². The van der Waals surface area contributed by atoms with Gasteiger partial charge in [-0.3, -0.25) is 4.79 Å². The number of ether oxygens (including phenoxy) is 1. The summed E-state index contributed by atoms with van der Waals surface area (Å²) in [5, 5.41) is 7.62. The standard InChI is InChI=1S/C17H20ClN3O2/c1-12-4-6-14(7-5-12)21-17(22)16(18)15(10-20-21)19-9-13-3-2-8-23-11-13/h4-7,10,13,19H,2-3,8-9,11H2,1H3/t13-/m1/s1. The molecule has 0 saturated carbocycles. The Morgan fingerprint density at radius 3 is 2.87 bits per heavy atom. The van der Waals surface area contributed by atoms with Crippen LogP contribution in [-0.2, 0) is 4.74 Å². The summed E-state index contributed by atoms with van der Waals surface area (Å²) in [5.74, 6) is 0.444. The molecule has 1 atom stereocenters.